The molecule has 5 rings (SSSR count). The van der Waals surface area contributed by atoms with Gasteiger partial charge in [-0.15, -0.1) is 0 Å². The molecule has 2 N–H and O–H groups in total. The standard InChI is InChI=1S/C37H35N3O6/c1-45-30-18-16-27(17-19-30)24-40-20-6-11-32(37(40)44)39-36(43)33(21-25-12-14-26(15-13-25)22-35(42)46-2)38-34(41)23-29-9-5-8-28-7-3-4-10-31(28)29/h3-20,33H,21-24H2,1-2H3,(H,38,41)(H,39,43)/t33-/m0/s1. The van der Waals surface area contributed by atoms with Crippen LogP contribution in [0.5, 0.6) is 5.75 Å². The van der Waals surface area contributed by atoms with Crippen LogP contribution in [-0.4, -0.2) is 42.6 Å². The van der Waals surface area contributed by atoms with E-state index in [-0.39, 0.29) is 42.4 Å². The fraction of sp³-hybridized carbons (Fsp3) is 0.189. The summed E-state index contributed by atoms with van der Waals surface area (Å²) >= 11 is 0. The highest BCUT2D eigenvalue weighted by molar-refractivity contribution is 5.98. The number of pyridine rings is 1. The van der Waals surface area contributed by atoms with Crippen LogP contribution in [0.25, 0.3) is 10.8 Å². The van der Waals surface area contributed by atoms with Crippen LogP contribution in [0.1, 0.15) is 22.3 Å². The molecule has 1 heterocycles. The molecule has 0 fully saturated rings. The van der Waals surface area contributed by atoms with E-state index in [1.807, 2.05) is 66.7 Å². The number of methoxy groups -OCH3 is 2. The maximum atomic E-state index is 13.7. The number of carbonyl (C=O) groups excluding carboxylic acids is 3. The Labute approximate surface area is 266 Å². The highest BCUT2D eigenvalue weighted by atomic mass is 16.5. The van der Waals surface area contributed by atoms with E-state index in [0.717, 1.165) is 33.0 Å². The number of ether oxygens (including phenoxy) is 2. The molecule has 234 valence electrons. The first-order valence-corrected chi connectivity index (χ1v) is 14.9. The average molecular weight is 618 g/mol. The van der Waals surface area contributed by atoms with Crippen molar-refractivity contribution in [1.29, 1.82) is 0 Å². The molecule has 0 aliphatic rings. The lowest BCUT2D eigenvalue weighted by Gasteiger charge is -2.19. The van der Waals surface area contributed by atoms with Gasteiger partial charge in [0.25, 0.3) is 5.56 Å². The molecule has 5 aromatic rings. The van der Waals surface area contributed by atoms with Crippen LogP contribution in [0, 0.1) is 0 Å². The SMILES string of the molecule is COC(=O)Cc1ccc(C[C@H](NC(=O)Cc2cccc3ccccc23)C(=O)Nc2cccn(Cc3ccc(OC)cc3)c2=O)cc1. The van der Waals surface area contributed by atoms with Gasteiger partial charge in [0, 0.05) is 12.6 Å². The number of aromatic nitrogens is 1. The molecule has 4 aromatic carbocycles. The molecule has 0 unspecified atom stereocenters. The number of hydrogen-bond donors (Lipinski definition) is 2. The van der Waals surface area contributed by atoms with E-state index >= 15 is 0 Å². The highest BCUT2D eigenvalue weighted by Crippen LogP contribution is 2.19. The van der Waals surface area contributed by atoms with Crippen LogP contribution in [0.4, 0.5) is 5.69 Å². The summed E-state index contributed by atoms with van der Waals surface area (Å²) in [6, 6.07) is 30.4. The Hall–Kier alpha value is -5.70. The zero-order valence-electron chi connectivity index (χ0n) is 25.7. The van der Waals surface area contributed by atoms with Crippen LogP contribution in [-0.2, 0) is 44.9 Å². The Kier molecular flexibility index (Phi) is 10.2. The number of hydrogen-bond acceptors (Lipinski definition) is 6. The third kappa shape index (κ3) is 8.06. The molecule has 0 spiro atoms. The predicted octanol–water partition coefficient (Wildman–Crippen LogP) is 4.68. The van der Waals surface area contributed by atoms with E-state index < -0.39 is 11.9 Å². The molecule has 0 aliphatic heterocycles. The van der Waals surface area contributed by atoms with Crippen molar-refractivity contribution in [2.24, 2.45) is 0 Å². The summed E-state index contributed by atoms with van der Waals surface area (Å²) in [5, 5.41) is 7.62. The van der Waals surface area contributed by atoms with E-state index in [1.54, 1.807) is 49.7 Å². The van der Waals surface area contributed by atoms with E-state index in [1.165, 1.54) is 11.7 Å². The number of nitrogens with one attached hydrogen (secondary N) is 2. The lowest BCUT2D eigenvalue weighted by molar-refractivity contribution is -0.139. The summed E-state index contributed by atoms with van der Waals surface area (Å²) in [6.45, 7) is 0.301. The molecule has 0 bridgehead atoms. The number of benzene rings is 4. The zero-order valence-corrected chi connectivity index (χ0v) is 25.7. The molecular weight excluding hydrogens is 582 g/mol. The number of anilines is 1. The van der Waals surface area contributed by atoms with Crippen LogP contribution in [0.2, 0.25) is 0 Å². The van der Waals surface area contributed by atoms with E-state index in [0.29, 0.717) is 12.3 Å². The van der Waals surface area contributed by atoms with Crippen molar-refractivity contribution in [1.82, 2.24) is 9.88 Å². The molecular formula is C37H35N3O6. The maximum absolute atomic E-state index is 13.7. The quantitative estimate of drug-likeness (QED) is 0.197. The fourth-order valence-corrected chi connectivity index (χ4v) is 5.25. The van der Waals surface area contributed by atoms with Gasteiger partial charge in [0.2, 0.25) is 11.8 Å². The van der Waals surface area contributed by atoms with Crippen molar-refractivity contribution in [2.75, 3.05) is 19.5 Å². The predicted molar refractivity (Wildman–Crippen MR) is 177 cm³/mol. The van der Waals surface area contributed by atoms with Gasteiger partial charge < -0.3 is 24.7 Å². The Morgan fingerprint density at radius 2 is 1.46 bits per heavy atom. The van der Waals surface area contributed by atoms with Crippen LogP contribution >= 0.6 is 0 Å². The molecule has 46 heavy (non-hydrogen) atoms. The van der Waals surface area contributed by atoms with Crippen LogP contribution in [0.15, 0.2) is 114 Å². The van der Waals surface area contributed by atoms with E-state index in [2.05, 4.69) is 10.6 Å². The molecule has 9 heteroatoms. The number of fused-ring (bicyclic) bond motifs is 1. The normalized spacial score (nSPS) is 11.4. The third-order valence-electron chi connectivity index (χ3n) is 7.71. The summed E-state index contributed by atoms with van der Waals surface area (Å²) in [5.41, 5.74) is 2.98. The second-order valence-corrected chi connectivity index (χ2v) is 10.9. The van der Waals surface area contributed by atoms with Gasteiger partial charge in [-0.25, -0.2) is 0 Å². The van der Waals surface area contributed by atoms with Crippen molar-refractivity contribution >= 4 is 34.2 Å². The average Bonchev–Trinajstić information content (AvgIpc) is 3.07. The van der Waals surface area contributed by atoms with Crippen molar-refractivity contribution in [3.8, 4) is 5.75 Å². The summed E-state index contributed by atoms with van der Waals surface area (Å²) in [5.74, 6) is -0.497. The minimum Gasteiger partial charge on any atom is -0.497 e. The van der Waals surface area contributed by atoms with Crippen molar-refractivity contribution in [3.05, 3.63) is 142 Å². The number of carbonyl (C=O) groups is 3. The highest BCUT2D eigenvalue weighted by Gasteiger charge is 2.23. The van der Waals surface area contributed by atoms with Crippen molar-refractivity contribution in [3.63, 3.8) is 0 Å². The number of rotatable bonds is 12. The van der Waals surface area contributed by atoms with Gasteiger partial charge in [-0.05, 0) is 57.3 Å². The topological polar surface area (TPSA) is 116 Å². The summed E-state index contributed by atoms with van der Waals surface area (Å²) in [4.78, 5) is 52.1. The summed E-state index contributed by atoms with van der Waals surface area (Å²) in [6.07, 6.45) is 2.02. The van der Waals surface area contributed by atoms with Crippen LogP contribution < -0.4 is 20.9 Å². The molecule has 1 atom stereocenters. The van der Waals surface area contributed by atoms with E-state index in [9.17, 15) is 19.2 Å². The van der Waals surface area contributed by atoms with E-state index in [4.69, 9.17) is 9.47 Å². The Balaban J connectivity index is 1.35. The first-order chi connectivity index (χ1) is 22.3. The smallest absolute Gasteiger partial charge is 0.309 e. The summed E-state index contributed by atoms with van der Waals surface area (Å²) < 4.78 is 11.5. The number of nitrogens with zero attached hydrogens (tertiary/aromatic N) is 1. The molecule has 1 aromatic heterocycles. The van der Waals surface area contributed by atoms with Gasteiger partial charge >= 0.3 is 5.97 Å². The number of amides is 2. The Morgan fingerprint density at radius 3 is 2.20 bits per heavy atom. The largest absolute Gasteiger partial charge is 0.497 e. The van der Waals surface area contributed by atoms with Gasteiger partial charge in [-0.1, -0.05) is 78.9 Å². The van der Waals surface area contributed by atoms with Crippen molar-refractivity contribution < 1.29 is 23.9 Å². The molecule has 9 nitrogen and oxygen atoms in total. The lowest BCUT2D eigenvalue weighted by Crippen LogP contribution is -2.46. The first kappa shape index (κ1) is 31.7. The Morgan fingerprint density at radius 1 is 0.761 bits per heavy atom. The monoisotopic (exact) mass is 617 g/mol. The first-order valence-electron chi connectivity index (χ1n) is 14.9. The second-order valence-electron chi connectivity index (χ2n) is 10.9. The zero-order chi connectivity index (χ0) is 32.5. The number of esters is 1. The summed E-state index contributed by atoms with van der Waals surface area (Å²) in [7, 11) is 2.92. The fourth-order valence-electron chi connectivity index (χ4n) is 5.25. The second kappa shape index (κ2) is 14.9. The molecule has 0 saturated heterocycles. The van der Waals surface area contributed by atoms with Gasteiger partial charge in [-0.2, -0.15) is 0 Å². The molecule has 0 radical (unpaired) electrons. The lowest BCUT2D eigenvalue weighted by atomic mass is 10.0. The van der Waals surface area contributed by atoms with Gasteiger partial charge in [0.05, 0.1) is 33.6 Å². The van der Waals surface area contributed by atoms with Gasteiger partial charge in [0.15, 0.2) is 0 Å². The van der Waals surface area contributed by atoms with Gasteiger partial charge in [-0.3, -0.25) is 19.2 Å². The molecule has 0 saturated carbocycles. The Bertz CT molecular complexity index is 1890. The van der Waals surface area contributed by atoms with Crippen LogP contribution in [0.3, 0.4) is 0 Å². The minimum absolute atomic E-state index is 0.0726. The van der Waals surface area contributed by atoms with Crippen molar-refractivity contribution in [2.45, 2.75) is 31.8 Å². The minimum atomic E-state index is -0.983. The molecule has 2 amide bonds. The van der Waals surface area contributed by atoms with Gasteiger partial charge in [0.1, 0.15) is 17.5 Å². The maximum Gasteiger partial charge on any atom is 0.309 e. The third-order valence-corrected chi connectivity index (χ3v) is 7.71. The molecule has 0 aliphatic carbocycles.